The van der Waals surface area contributed by atoms with Crippen LogP contribution in [-0.4, -0.2) is 46.6 Å². The lowest BCUT2D eigenvalue weighted by atomic mass is 9.76. The Kier molecular flexibility index (Phi) is 4.29. The van der Waals surface area contributed by atoms with Crippen LogP contribution in [0.15, 0.2) is 23.1 Å². The second kappa shape index (κ2) is 6.12. The van der Waals surface area contributed by atoms with Crippen molar-refractivity contribution in [3.8, 4) is 0 Å². The molecule has 2 heterocycles. The van der Waals surface area contributed by atoms with Gasteiger partial charge in [0.15, 0.2) is 0 Å². The minimum Gasteiger partial charge on any atom is -0.481 e. The fraction of sp³-hybridized carbons (Fsp3) is 0.471. The Bertz CT molecular complexity index is 719. The minimum atomic E-state index is -0.881. The fourth-order valence-corrected chi connectivity index (χ4v) is 4.09. The van der Waals surface area contributed by atoms with Crippen LogP contribution in [0.4, 0.5) is 5.69 Å². The average Bonchev–Trinajstić information content (AvgIpc) is 3.00. The summed E-state index contributed by atoms with van der Waals surface area (Å²) < 4.78 is 0. The molecule has 1 atom stereocenters. The van der Waals surface area contributed by atoms with Crippen LogP contribution in [-0.2, 0) is 9.59 Å². The number of carbonyl (C=O) groups is 3. The lowest BCUT2D eigenvalue weighted by molar-refractivity contribution is -0.150. The molecule has 2 aliphatic heterocycles. The van der Waals surface area contributed by atoms with Crippen LogP contribution in [0.1, 0.15) is 30.6 Å². The number of carbonyl (C=O) groups excluding carboxylic acids is 2. The number of amides is 2. The zero-order chi connectivity index (χ0) is 17.5. The molecule has 0 spiro atoms. The molecule has 0 saturated carbocycles. The van der Waals surface area contributed by atoms with Crippen molar-refractivity contribution in [2.45, 2.75) is 25.2 Å². The summed E-state index contributed by atoms with van der Waals surface area (Å²) in [6.07, 6.45) is 0.462. The van der Waals surface area contributed by atoms with Gasteiger partial charge in [-0.1, -0.05) is 13.8 Å². The molecule has 1 fully saturated rings. The van der Waals surface area contributed by atoms with Crippen molar-refractivity contribution in [1.82, 2.24) is 4.90 Å². The second-order valence-electron chi connectivity index (χ2n) is 6.64. The van der Waals surface area contributed by atoms with E-state index in [1.54, 1.807) is 17.0 Å². The molecule has 0 aromatic heterocycles. The van der Waals surface area contributed by atoms with Crippen LogP contribution in [0, 0.1) is 11.3 Å². The highest BCUT2D eigenvalue weighted by Gasteiger charge is 2.48. The summed E-state index contributed by atoms with van der Waals surface area (Å²) in [5.41, 5.74) is 0.240. The van der Waals surface area contributed by atoms with Crippen molar-refractivity contribution in [2.24, 2.45) is 11.3 Å². The number of hydrogen-bond donors (Lipinski definition) is 2. The topological polar surface area (TPSA) is 86.7 Å². The van der Waals surface area contributed by atoms with Crippen molar-refractivity contribution in [1.29, 1.82) is 0 Å². The van der Waals surface area contributed by atoms with Crippen LogP contribution in [0.2, 0.25) is 0 Å². The molecule has 1 aromatic carbocycles. The Balaban J connectivity index is 1.82. The summed E-state index contributed by atoms with van der Waals surface area (Å²) in [6.45, 7) is 4.42. The molecular weight excluding hydrogens is 328 g/mol. The molecule has 2 N–H and O–H groups in total. The van der Waals surface area contributed by atoms with Crippen LogP contribution in [0.25, 0.3) is 0 Å². The van der Waals surface area contributed by atoms with Crippen molar-refractivity contribution in [3.63, 3.8) is 0 Å². The van der Waals surface area contributed by atoms with Gasteiger partial charge in [-0.3, -0.25) is 14.4 Å². The molecule has 1 saturated heterocycles. The minimum absolute atomic E-state index is 0.0491. The molecule has 0 aliphatic carbocycles. The first-order valence-corrected chi connectivity index (χ1v) is 8.91. The van der Waals surface area contributed by atoms with Crippen molar-refractivity contribution in [3.05, 3.63) is 23.8 Å². The predicted octanol–water partition coefficient (Wildman–Crippen LogP) is 2.30. The standard InChI is InChI=1S/C17H20N2O4S/c1-10(2)17(16(22)23)5-6-19(9-17)15(21)11-3-4-13-12(7-11)18-14(20)8-24-13/h3-4,7,10H,5-6,8-9H2,1-2H3,(H,18,20)(H,22,23). The zero-order valence-electron chi connectivity index (χ0n) is 13.7. The van der Waals surface area contributed by atoms with Crippen LogP contribution in [0.5, 0.6) is 0 Å². The van der Waals surface area contributed by atoms with Gasteiger partial charge in [0.25, 0.3) is 5.91 Å². The van der Waals surface area contributed by atoms with E-state index in [-0.39, 0.29) is 24.3 Å². The van der Waals surface area contributed by atoms with Gasteiger partial charge >= 0.3 is 5.97 Å². The van der Waals surface area contributed by atoms with E-state index >= 15 is 0 Å². The maximum absolute atomic E-state index is 12.8. The summed E-state index contributed by atoms with van der Waals surface area (Å²) in [5, 5.41) is 12.4. The Morgan fingerprint density at radius 1 is 1.38 bits per heavy atom. The predicted molar refractivity (Wildman–Crippen MR) is 91.2 cm³/mol. The Morgan fingerprint density at radius 2 is 2.12 bits per heavy atom. The normalized spacial score (nSPS) is 23.1. The SMILES string of the molecule is CC(C)C1(C(=O)O)CCN(C(=O)c2ccc3c(c2)NC(=O)CS3)C1. The van der Waals surface area contributed by atoms with Gasteiger partial charge in [-0.2, -0.15) is 0 Å². The molecule has 1 aromatic rings. The molecule has 7 heteroatoms. The quantitative estimate of drug-likeness (QED) is 0.875. The molecule has 2 amide bonds. The third kappa shape index (κ3) is 2.77. The molecule has 2 aliphatic rings. The zero-order valence-corrected chi connectivity index (χ0v) is 14.5. The fourth-order valence-electron chi connectivity index (χ4n) is 3.30. The number of likely N-dealkylation sites (tertiary alicyclic amines) is 1. The van der Waals surface area contributed by atoms with Gasteiger partial charge < -0.3 is 15.3 Å². The maximum Gasteiger partial charge on any atom is 0.311 e. The first kappa shape index (κ1) is 16.8. The van der Waals surface area contributed by atoms with Crippen molar-refractivity contribution in [2.75, 3.05) is 24.2 Å². The van der Waals surface area contributed by atoms with Crippen molar-refractivity contribution >= 4 is 35.2 Å². The lowest BCUT2D eigenvalue weighted by Crippen LogP contribution is -2.40. The Morgan fingerprint density at radius 3 is 2.75 bits per heavy atom. The van der Waals surface area contributed by atoms with Gasteiger partial charge in [0.05, 0.1) is 16.9 Å². The number of anilines is 1. The molecule has 0 bridgehead atoms. The Hall–Kier alpha value is -2.02. The van der Waals surface area contributed by atoms with E-state index in [9.17, 15) is 19.5 Å². The highest BCUT2D eigenvalue weighted by molar-refractivity contribution is 8.00. The number of aliphatic carboxylic acids is 1. The first-order valence-electron chi connectivity index (χ1n) is 7.93. The second-order valence-corrected chi connectivity index (χ2v) is 7.66. The van der Waals surface area contributed by atoms with Gasteiger partial charge in [-0.15, -0.1) is 11.8 Å². The van der Waals surface area contributed by atoms with E-state index < -0.39 is 11.4 Å². The van der Waals surface area contributed by atoms with Gasteiger partial charge in [-0.25, -0.2) is 0 Å². The molecule has 1 unspecified atom stereocenters. The summed E-state index contributed by atoms with van der Waals surface area (Å²) in [6, 6.07) is 5.25. The van der Waals surface area contributed by atoms with E-state index in [0.29, 0.717) is 30.0 Å². The van der Waals surface area contributed by atoms with E-state index in [1.165, 1.54) is 11.8 Å². The van der Waals surface area contributed by atoms with Crippen LogP contribution in [0.3, 0.4) is 0 Å². The number of fused-ring (bicyclic) bond motifs is 1. The van der Waals surface area contributed by atoms with Crippen molar-refractivity contribution < 1.29 is 19.5 Å². The first-order chi connectivity index (χ1) is 11.3. The monoisotopic (exact) mass is 348 g/mol. The third-order valence-corrected chi connectivity index (χ3v) is 6.05. The number of thioether (sulfide) groups is 1. The Labute approximate surface area is 144 Å². The van der Waals surface area contributed by atoms with Gasteiger partial charge in [0.1, 0.15) is 0 Å². The van der Waals surface area contributed by atoms with E-state index in [1.807, 2.05) is 19.9 Å². The van der Waals surface area contributed by atoms with Gasteiger partial charge in [0.2, 0.25) is 5.91 Å². The number of benzene rings is 1. The molecule has 3 rings (SSSR count). The van der Waals surface area contributed by atoms with Crippen LogP contribution < -0.4 is 5.32 Å². The van der Waals surface area contributed by atoms with Gasteiger partial charge in [0, 0.05) is 23.5 Å². The summed E-state index contributed by atoms with van der Waals surface area (Å²) >= 11 is 1.44. The number of hydrogen-bond acceptors (Lipinski definition) is 4. The molecule has 24 heavy (non-hydrogen) atoms. The summed E-state index contributed by atoms with van der Waals surface area (Å²) in [7, 11) is 0. The highest BCUT2D eigenvalue weighted by atomic mass is 32.2. The molecule has 0 radical (unpaired) electrons. The van der Waals surface area contributed by atoms with Crippen LogP contribution >= 0.6 is 11.8 Å². The number of rotatable bonds is 3. The molecule has 128 valence electrons. The number of nitrogens with zero attached hydrogens (tertiary/aromatic N) is 1. The number of carboxylic acids is 1. The highest BCUT2D eigenvalue weighted by Crippen LogP contribution is 2.39. The van der Waals surface area contributed by atoms with E-state index in [4.69, 9.17) is 0 Å². The largest absolute Gasteiger partial charge is 0.481 e. The molecular formula is C17H20N2O4S. The summed E-state index contributed by atoms with van der Waals surface area (Å²) in [4.78, 5) is 38.5. The summed E-state index contributed by atoms with van der Waals surface area (Å²) in [5.74, 6) is -0.787. The molecule has 6 nitrogen and oxygen atoms in total. The maximum atomic E-state index is 12.8. The smallest absolute Gasteiger partial charge is 0.311 e. The average molecular weight is 348 g/mol. The number of carboxylic acid groups (broad SMARTS) is 1. The van der Waals surface area contributed by atoms with Gasteiger partial charge in [-0.05, 0) is 30.5 Å². The van der Waals surface area contributed by atoms with E-state index in [2.05, 4.69) is 5.32 Å². The lowest BCUT2D eigenvalue weighted by Gasteiger charge is -2.28. The number of nitrogens with one attached hydrogen (secondary N) is 1. The third-order valence-electron chi connectivity index (χ3n) is 4.98. The van der Waals surface area contributed by atoms with E-state index in [0.717, 1.165) is 4.90 Å².